The van der Waals surface area contributed by atoms with E-state index in [0.717, 1.165) is 34.7 Å². The summed E-state index contributed by atoms with van der Waals surface area (Å²) in [4.78, 5) is 25.0. The zero-order valence-corrected chi connectivity index (χ0v) is 15.0. The van der Waals surface area contributed by atoms with Crippen LogP contribution in [-0.4, -0.2) is 11.8 Å². The summed E-state index contributed by atoms with van der Waals surface area (Å²) < 4.78 is 0. The standard InChI is InChI=1S/C19H22N2O2S/c1-11(2)14-6-4-5-12(3)17(14)21-19(23)15-9-10-16(24-15)20-18(22)13-7-8-13/h4-6,9-11,13H,7-8H2,1-3H3,(H,20,22)(H,21,23). The van der Waals surface area contributed by atoms with Gasteiger partial charge in [0, 0.05) is 11.6 Å². The first-order chi connectivity index (χ1) is 11.5. The van der Waals surface area contributed by atoms with E-state index in [-0.39, 0.29) is 17.7 Å². The van der Waals surface area contributed by atoms with Crippen molar-refractivity contribution in [1.82, 2.24) is 0 Å². The van der Waals surface area contributed by atoms with Gasteiger partial charge in [-0.1, -0.05) is 32.0 Å². The minimum absolute atomic E-state index is 0.0600. The maximum atomic E-state index is 12.6. The molecule has 24 heavy (non-hydrogen) atoms. The highest BCUT2D eigenvalue weighted by molar-refractivity contribution is 7.18. The number of benzene rings is 1. The predicted octanol–water partition coefficient (Wildman–Crippen LogP) is 4.78. The smallest absolute Gasteiger partial charge is 0.265 e. The van der Waals surface area contributed by atoms with Crippen molar-refractivity contribution in [2.75, 3.05) is 10.6 Å². The molecule has 1 aromatic carbocycles. The van der Waals surface area contributed by atoms with Crippen LogP contribution in [0.2, 0.25) is 0 Å². The summed E-state index contributed by atoms with van der Waals surface area (Å²) in [6.45, 7) is 6.22. The second kappa shape index (κ2) is 6.77. The van der Waals surface area contributed by atoms with Gasteiger partial charge in [-0.15, -0.1) is 11.3 Å². The third kappa shape index (κ3) is 3.67. The third-order valence-corrected chi connectivity index (χ3v) is 5.19. The highest BCUT2D eigenvalue weighted by Gasteiger charge is 2.29. The molecular formula is C19H22N2O2S. The summed E-state index contributed by atoms with van der Waals surface area (Å²) in [6, 6.07) is 9.61. The summed E-state index contributed by atoms with van der Waals surface area (Å²) in [5.41, 5.74) is 3.06. The Kier molecular flexibility index (Phi) is 4.71. The lowest BCUT2D eigenvalue weighted by Crippen LogP contribution is -2.14. The molecule has 0 radical (unpaired) electrons. The molecule has 126 valence electrons. The summed E-state index contributed by atoms with van der Waals surface area (Å²) in [5.74, 6) is 0.412. The quantitative estimate of drug-likeness (QED) is 0.821. The fourth-order valence-corrected chi connectivity index (χ4v) is 3.42. The van der Waals surface area contributed by atoms with E-state index in [1.165, 1.54) is 11.3 Å². The highest BCUT2D eigenvalue weighted by Crippen LogP contribution is 2.32. The van der Waals surface area contributed by atoms with Gasteiger partial charge in [0.1, 0.15) is 0 Å². The normalized spacial score (nSPS) is 13.8. The number of nitrogens with one attached hydrogen (secondary N) is 2. The Morgan fingerprint density at radius 2 is 1.88 bits per heavy atom. The molecule has 2 N–H and O–H groups in total. The molecule has 1 heterocycles. The van der Waals surface area contributed by atoms with Crippen molar-refractivity contribution < 1.29 is 9.59 Å². The van der Waals surface area contributed by atoms with Gasteiger partial charge in [0.2, 0.25) is 5.91 Å². The van der Waals surface area contributed by atoms with Gasteiger partial charge in [0.25, 0.3) is 5.91 Å². The zero-order valence-electron chi connectivity index (χ0n) is 14.2. The van der Waals surface area contributed by atoms with Crippen molar-refractivity contribution in [3.05, 3.63) is 46.3 Å². The maximum absolute atomic E-state index is 12.6. The second-order valence-corrected chi connectivity index (χ2v) is 7.66. The molecule has 1 aliphatic carbocycles. The van der Waals surface area contributed by atoms with Crippen LogP contribution in [0, 0.1) is 12.8 Å². The van der Waals surface area contributed by atoms with Gasteiger partial charge in [-0.3, -0.25) is 9.59 Å². The van der Waals surface area contributed by atoms with Crippen LogP contribution >= 0.6 is 11.3 Å². The minimum atomic E-state index is -0.136. The van der Waals surface area contributed by atoms with E-state index < -0.39 is 0 Å². The molecule has 3 rings (SSSR count). The van der Waals surface area contributed by atoms with Crippen LogP contribution in [0.15, 0.2) is 30.3 Å². The van der Waals surface area contributed by atoms with E-state index in [1.54, 1.807) is 12.1 Å². The number of hydrogen-bond donors (Lipinski definition) is 2. The van der Waals surface area contributed by atoms with Gasteiger partial charge in [-0.2, -0.15) is 0 Å². The van der Waals surface area contributed by atoms with Crippen LogP contribution in [0.1, 0.15) is 53.4 Å². The van der Waals surface area contributed by atoms with Gasteiger partial charge in [0.15, 0.2) is 0 Å². The lowest BCUT2D eigenvalue weighted by atomic mass is 9.98. The van der Waals surface area contributed by atoms with Gasteiger partial charge in [-0.25, -0.2) is 0 Å². The van der Waals surface area contributed by atoms with Gasteiger partial charge >= 0.3 is 0 Å². The van der Waals surface area contributed by atoms with E-state index >= 15 is 0 Å². The molecule has 0 atom stereocenters. The lowest BCUT2D eigenvalue weighted by Gasteiger charge is -2.16. The van der Waals surface area contributed by atoms with Crippen LogP contribution in [-0.2, 0) is 4.79 Å². The summed E-state index contributed by atoms with van der Waals surface area (Å²) in [6.07, 6.45) is 1.94. The first-order valence-electron chi connectivity index (χ1n) is 8.27. The van der Waals surface area contributed by atoms with Crippen molar-refractivity contribution in [1.29, 1.82) is 0 Å². The molecule has 1 saturated carbocycles. The van der Waals surface area contributed by atoms with Crippen molar-refractivity contribution >= 4 is 33.8 Å². The van der Waals surface area contributed by atoms with E-state index in [2.05, 4.69) is 24.5 Å². The van der Waals surface area contributed by atoms with Crippen LogP contribution in [0.3, 0.4) is 0 Å². The molecule has 1 aliphatic rings. The highest BCUT2D eigenvalue weighted by atomic mass is 32.1. The van der Waals surface area contributed by atoms with Crippen molar-refractivity contribution in [3.8, 4) is 0 Å². The Morgan fingerprint density at radius 3 is 2.54 bits per heavy atom. The van der Waals surface area contributed by atoms with Crippen LogP contribution in [0.25, 0.3) is 0 Å². The number of carbonyl (C=O) groups excluding carboxylic acids is 2. The number of hydrogen-bond acceptors (Lipinski definition) is 3. The number of aryl methyl sites for hydroxylation is 1. The average Bonchev–Trinajstić information content (AvgIpc) is 3.29. The molecule has 0 unspecified atom stereocenters. The fourth-order valence-electron chi connectivity index (χ4n) is 2.61. The summed E-state index contributed by atoms with van der Waals surface area (Å²) >= 11 is 1.31. The topological polar surface area (TPSA) is 58.2 Å². The van der Waals surface area contributed by atoms with Gasteiger partial charge < -0.3 is 10.6 Å². The molecule has 0 spiro atoms. The molecular weight excluding hydrogens is 320 g/mol. The molecule has 2 aromatic rings. The molecule has 1 aromatic heterocycles. The number of anilines is 2. The second-order valence-electron chi connectivity index (χ2n) is 6.58. The fraction of sp³-hybridized carbons (Fsp3) is 0.368. The van der Waals surface area contributed by atoms with Gasteiger partial charge in [-0.05, 0) is 48.9 Å². The largest absolute Gasteiger partial charge is 0.321 e. The Hall–Kier alpha value is -2.14. The molecule has 5 heteroatoms. The first kappa shape index (κ1) is 16.7. The SMILES string of the molecule is Cc1cccc(C(C)C)c1NC(=O)c1ccc(NC(=O)C2CC2)s1. The Bertz CT molecular complexity index is 775. The van der Waals surface area contributed by atoms with Crippen LogP contribution < -0.4 is 10.6 Å². The molecule has 4 nitrogen and oxygen atoms in total. The number of thiophene rings is 1. The maximum Gasteiger partial charge on any atom is 0.265 e. The monoisotopic (exact) mass is 342 g/mol. The molecule has 1 fully saturated rings. The Morgan fingerprint density at radius 1 is 1.12 bits per heavy atom. The van der Waals surface area contributed by atoms with E-state index in [1.807, 2.05) is 25.1 Å². The molecule has 0 saturated heterocycles. The number of carbonyl (C=O) groups is 2. The molecule has 0 bridgehead atoms. The summed E-state index contributed by atoms with van der Waals surface area (Å²) in [7, 11) is 0. The lowest BCUT2D eigenvalue weighted by molar-refractivity contribution is -0.117. The van der Waals surface area contributed by atoms with Crippen molar-refractivity contribution in [3.63, 3.8) is 0 Å². The van der Waals surface area contributed by atoms with E-state index in [9.17, 15) is 9.59 Å². The van der Waals surface area contributed by atoms with Crippen LogP contribution in [0.5, 0.6) is 0 Å². The Labute approximate surface area is 146 Å². The number of rotatable bonds is 5. The zero-order chi connectivity index (χ0) is 17.3. The number of para-hydroxylation sites is 1. The molecule has 2 amide bonds. The van der Waals surface area contributed by atoms with Crippen molar-refractivity contribution in [2.24, 2.45) is 5.92 Å². The number of amides is 2. The molecule has 0 aliphatic heterocycles. The van der Waals surface area contributed by atoms with E-state index in [0.29, 0.717) is 10.8 Å². The van der Waals surface area contributed by atoms with E-state index in [4.69, 9.17) is 0 Å². The minimum Gasteiger partial charge on any atom is -0.321 e. The third-order valence-electron chi connectivity index (χ3n) is 4.19. The summed E-state index contributed by atoms with van der Waals surface area (Å²) in [5, 5.41) is 6.65. The van der Waals surface area contributed by atoms with Gasteiger partial charge in [0.05, 0.1) is 9.88 Å². The van der Waals surface area contributed by atoms with Crippen LogP contribution in [0.4, 0.5) is 10.7 Å². The first-order valence-corrected chi connectivity index (χ1v) is 9.09. The van der Waals surface area contributed by atoms with Crippen molar-refractivity contribution in [2.45, 2.75) is 39.5 Å². The predicted molar refractivity (Wildman–Crippen MR) is 98.9 cm³/mol. The Balaban J connectivity index is 1.74. The average molecular weight is 342 g/mol.